The van der Waals surface area contributed by atoms with Gasteiger partial charge in [-0.1, -0.05) is 0 Å². The molecule has 1 fully saturated rings. The molecule has 0 amide bonds. The van der Waals surface area contributed by atoms with Crippen molar-refractivity contribution >= 4 is 11.5 Å². The lowest BCUT2D eigenvalue weighted by Crippen LogP contribution is -2.08. The van der Waals surface area contributed by atoms with Gasteiger partial charge in [0.25, 0.3) is 0 Å². The van der Waals surface area contributed by atoms with Crippen LogP contribution >= 0.6 is 0 Å². The molecule has 4 aromatic rings. The molecule has 0 radical (unpaired) electrons. The van der Waals surface area contributed by atoms with Crippen LogP contribution in [-0.2, 0) is 13.6 Å². The van der Waals surface area contributed by atoms with E-state index in [9.17, 15) is 4.39 Å². The second-order valence-corrected chi connectivity index (χ2v) is 7.27. The Morgan fingerprint density at radius 1 is 1.24 bits per heavy atom. The molecule has 4 aromatic heterocycles. The Labute approximate surface area is 166 Å². The first-order valence-electron chi connectivity index (χ1n) is 9.46. The number of ether oxygens (including phenoxy) is 1. The molecule has 1 N–H and O–H groups in total. The summed E-state index contributed by atoms with van der Waals surface area (Å²) >= 11 is 0. The first-order valence-corrected chi connectivity index (χ1v) is 9.46. The molecule has 4 heterocycles. The standard InChI is InChI=1S/C20H20FN7O/c1-27-11-13(9-25-27)8-23-19-7-20(26-18-4-5-24-28(18)19)29-12-14-6-16(14)17-3-2-15(21)10-22-17/h2-5,7,9-11,14,16,23H,6,8,12H2,1H3. The minimum Gasteiger partial charge on any atom is -0.477 e. The van der Waals surface area contributed by atoms with Gasteiger partial charge in [0, 0.05) is 55.0 Å². The summed E-state index contributed by atoms with van der Waals surface area (Å²) in [6, 6.07) is 6.89. The second-order valence-electron chi connectivity index (χ2n) is 7.27. The van der Waals surface area contributed by atoms with Crippen LogP contribution in [0.5, 0.6) is 5.88 Å². The van der Waals surface area contributed by atoms with E-state index in [0.29, 0.717) is 36.5 Å². The number of hydrogen-bond donors (Lipinski definition) is 1. The molecular formula is C20H20FN7O. The molecule has 1 saturated carbocycles. The van der Waals surface area contributed by atoms with Crippen LogP contribution in [0.3, 0.4) is 0 Å². The van der Waals surface area contributed by atoms with Crippen molar-refractivity contribution in [1.29, 1.82) is 0 Å². The topological polar surface area (TPSA) is 82.2 Å². The van der Waals surface area contributed by atoms with E-state index in [-0.39, 0.29) is 5.82 Å². The number of pyridine rings is 1. The zero-order valence-electron chi connectivity index (χ0n) is 15.9. The van der Waals surface area contributed by atoms with Crippen molar-refractivity contribution in [2.45, 2.75) is 18.9 Å². The zero-order valence-corrected chi connectivity index (χ0v) is 15.9. The van der Waals surface area contributed by atoms with Crippen LogP contribution in [0.4, 0.5) is 10.2 Å². The van der Waals surface area contributed by atoms with Gasteiger partial charge in [-0.15, -0.1) is 0 Å². The average molecular weight is 393 g/mol. The maximum Gasteiger partial charge on any atom is 0.219 e. The first-order chi connectivity index (χ1) is 14.2. The molecule has 2 unspecified atom stereocenters. The van der Waals surface area contributed by atoms with Crippen molar-refractivity contribution in [3.63, 3.8) is 0 Å². The van der Waals surface area contributed by atoms with Crippen molar-refractivity contribution in [3.05, 3.63) is 66.1 Å². The van der Waals surface area contributed by atoms with Gasteiger partial charge in [-0.2, -0.15) is 19.7 Å². The van der Waals surface area contributed by atoms with E-state index in [4.69, 9.17) is 4.74 Å². The summed E-state index contributed by atoms with van der Waals surface area (Å²) in [5.74, 6) is 1.71. The number of rotatable bonds is 7. The van der Waals surface area contributed by atoms with Crippen LogP contribution in [0.15, 0.2) is 49.1 Å². The maximum absolute atomic E-state index is 13.0. The number of nitrogens with one attached hydrogen (secondary N) is 1. The van der Waals surface area contributed by atoms with E-state index >= 15 is 0 Å². The lowest BCUT2D eigenvalue weighted by molar-refractivity contribution is 0.286. The SMILES string of the molecule is Cn1cc(CNc2cc(OCC3CC3c3ccc(F)cn3)nc3ccnn23)cn1. The van der Waals surface area contributed by atoms with Gasteiger partial charge in [0.15, 0.2) is 5.65 Å². The zero-order chi connectivity index (χ0) is 19.8. The monoisotopic (exact) mass is 393 g/mol. The molecule has 1 aliphatic carbocycles. The fourth-order valence-corrected chi connectivity index (χ4v) is 3.44. The molecule has 0 aromatic carbocycles. The highest BCUT2D eigenvalue weighted by Gasteiger charge is 2.40. The molecule has 148 valence electrons. The van der Waals surface area contributed by atoms with Gasteiger partial charge in [0.05, 0.1) is 25.2 Å². The van der Waals surface area contributed by atoms with E-state index in [1.54, 1.807) is 21.5 Å². The molecule has 8 nitrogen and oxygen atoms in total. The summed E-state index contributed by atoms with van der Waals surface area (Å²) in [4.78, 5) is 8.69. The highest BCUT2D eigenvalue weighted by atomic mass is 19.1. The predicted octanol–water partition coefficient (Wildman–Crippen LogP) is 2.79. The van der Waals surface area contributed by atoms with Crippen LogP contribution in [0.2, 0.25) is 0 Å². The third-order valence-electron chi connectivity index (χ3n) is 5.07. The van der Waals surface area contributed by atoms with Crippen molar-refractivity contribution in [1.82, 2.24) is 29.4 Å². The smallest absolute Gasteiger partial charge is 0.219 e. The lowest BCUT2D eigenvalue weighted by atomic mass is 10.2. The molecule has 2 atom stereocenters. The Kier molecular flexibility index (Phi) is 4.34. The molecule has 5 rings (SSSR count). The summed E-state index contributed by atoms with van der Waals surface area (Å²) in [5, 5.41) is 11.9. The Hall–Kier alpha value is -3.49. The Balaban J connectivity index is 1.26. The fraction of sp³-hybridized carbons (Fsp3) is 0.300. The van der Waals surface area contributed by atoms with Crippen LogP contribution in [0.25, 0.3) is 5.65 Å². The van der Waals surface area contributed by atoms with E-state index in [1.807, 2.05) is 31.6 Å². The van der Waals surface area contributed by atoms with Gasteiger partial charge in [0.2, 0.25) is 5.88 Å². The van der Waals surface area contributed by atoms with Crippen LogP contribution in [0, 0.1) is 11.7 Å². The lowest BCUT2D eigenvalue weighted by Gasteiger charge is -2.11. The normalized spacial score (nSPS) is 18.1. The molecule has 9 heteroatoms. The third-order valence-corrected chi connectivity index (χ3v) is 5.07. The third kappa shape index (κ3) is 3.75. The molecule has 0 bridgehead atoms. The van der Waals surface area contributed by atoms with E-state index in [2.05, 4.69) is 25.5 Å². The predicted molar refractivity (Wildman–Crippen MR) is 104 cm³/mol. The van der Waals surface area contributed by atoms with Gasteiger partial charge in [-0.3, -0.25) is 9.67 Å². The number of hydrogen-bond acceptors (Lipinski definition) is 6. The number of fused-ring (bicyclic) bond motifs is 1. The maximum atomic E-state index is 13.0. The molecule has 29 heavy (non-hydrogen) atoms. The Bertz CT molecular complexity index is 1140. The van der Waals surface area contributed by atoms with Gasteiger partial charge in [0.1, 0.15) is 11.6 Å². The van der Waals surface area contributed by atoms with E-state index in [0.717, 1.165) is 23.5 Å². The number of anilines is 1. The van der Waals surface area contributed by atoms with Gasteiger partial charge >= 0.3 is 0 Å². The summed E-state index contributed by atoms with van der Waals surface area (Å²) in [7, 11) is 1.89. The molecule has 0 saturated heterocycles. The molecule has 1 aliphatic rings. The highest BCUT2D eigenvalue weighted by molar-refractivity contribution is 5.51. The van der Waals surface area contributed by atoms with Crippen LogP contribution < -0.4 is 10.1 Å². The first kappa shape index (κ1) is 17.6. The van der Waals surface area contributed by atoms with Gasteiger partial charge in [-0.05, 0) is 18.6 Å². The number of nitrogens with zero attached hydrogens (tertiary/aromatic N) is 6. The van der Waals surface area contributed by atoms with Crippen molar-refractivity contribution < 1.29 is 9.13 Å². The largest absolute Gasteiger partial charge is 0.477 e. The van der Waals surface area contributed by atoms with Crippen LogP contribution in [-0.4, -0.2) is 36.0 Å². The average Bonchev–Trinajstić information content (AvgIpc) is 3.12. The summed E-state index contributed by atoms with van der Waals surface area (Å²) in [6.07, 6.45) is 7.74. The fourth-order valence-electron chi connectivity index (χ4n) is 3.44. The molecule has 0 aliphatic heterocycles. The van der Waals surface area contributed by atoms with E-state index in [1.165, 1.54) is 12.3 Å². The quantitative estimate of drug-likeness (QED) is 0.520. The molecule has 0 spiro atoms. The summed E-state index contributed by atoms with van der Waals surface area (Å²) in [6.45, 7) is 1.16. The van der Waals surface area contributed by atoms with Crippen molar-refractivity contribution in [2.24, 2.45) is 13.0 Å². The minimum absolute atomic E-state index is 0.313. The van der Waals surface area contributed by atoms with Crippen molar-refractivity contribution in [2.75, 3.05) is 11.9 Å². The number of halogens is 1. The van der Waals surface area contributed by atoms with Gasteiger partial charge < -0.3 is 10.1 Å². The van der Waals surface area contributed by atoms with Crippen LogP contribution in [0.1, 0.15) is 23.6 Å². The van der Waals surface area contributed by atoms with Gasteiger partial charge in [-0.25, -0.2) is 4.39 Å². The highest BCUT2D eigenvalue weighted by Crippen LogP contribution is 2.46. The Morgan fingerprint density at radius 3 is 2.97 bits per heavy atom. The minimum atomic E-state index is -0.313. The van der Waals surface area contributed by atoms with E-state index < -0.39 is 0 Å². The number of aromatic nitrogens is 6. The summed E-state index contributed by atoms with van der Waals surface area (Å²) in [5.41, 5.74) is 2.70. The molecular weight excluding hydrogens is 373 g/mol. The van der Waals surface area contributed by atoms with Crippen molar-refractivity contribution in [3.8, 4) is 5.88 Å². The number of aryl methyl sites for hydroxylation is 1. The Morgan fingerprint density at radius 2 is 2.17 bits per heavy atom. The second kappa shape index (κ2) is 7.16. The summed E-state index contributed by atoms with van der Waals surface area (Å²) < 4.78 is 22.5.